The van der Waals surface area contributed by atoms with Crippen LogP contribution in [0.25, 0.3) is 0 Å². The number of carboxylic acids is 1. The second-order valence-electron chi connectivity index (χ2n) is 5.85. The van der Waals surface area contributed by atoms with E-state index in [0.29, 0.717) is 29.8 Å². The number of carbonyl (C=O) groups excluding carboxylic acids is 2. The molecule has 0 aliphatic carbocycles. The molecule has 0 bridgehead atoms. The molecule has 0 fully saturated rings. The summed E-state index contributed by atoms with van der Waals surface area (Å²) in [5.41, 5.74) is 0.933. The van der Waals surface area contributed by atoms with Gasteiger partial charge in [0.1, 0.15) is 6.04 Å². The summed E-state index contributed by atoms with van der Waals surface area (Å²) in [5, 5.41) is 14.5. The molecule has 1 aliphatic rings. The minimum atomic E-state index is -1.05. The van der Waals surface area contributed by atoms with Gasteiger partial charge in [0.15, 0.2) is 0 Å². The Labute approximate surface area is 139 Å². The van der Waals surface area contributed by atoms with E-state index >= 15 is 0 Å². The predicted octanol–water partition coefficient (Wildman–Crippen LogP) is 2.35. The summed E-state index contributed by atoms with van der Waals surface area (Å²) in [7, 11) is 0. The summed E-state index contributed by atoms with van der Waals surface area (Å²) >= 11 is 1.55. The highest BCUT2D eigenvalue weighted by atomic mass is 32.2. The molecule has 7 heteroatoms. The molecule has 2 amide bonds. The third-order valence-corrected chi connectivity index (χ3v) is 4.49. The van der Waals surface area contributed by atoms with Crippen molar-refractivity contribution in [3.8, 4) is 0 Å². The lowest BCUT2D eigenvalue weighted by Crippen LogP contribution is -2.41. The Hall–Kier alpha value is -2.02. The van der Waals surface area contributed by atoms with Gasteiger partial charge in [-0.15, -0.1) is 11.8 Å². The van der Waals surface area contributed by atoms with E-state index < -0.39 is 17.9 Å². The number of aliphatic carboxylic acids is 1. The summed E-state index contributed by atoms with van der Waals surface area (Å²) < 4.78 is 0. The summed E-state index contributed by atoms with van der Waals surface area (Å²) in [4.78, 5) is 36.1. The number of fused-ring (bicyclic) bond motifs is 1. The Kier molecular flexibility index (Phi) is 5.65. The molecular weight excluding hydrogens is 316 g/mol. The van der Waals surface area contributed by atoms with Crippen LogP contribution >= 0.6 is 11.8 Å². The number of hydrogen-bond acceptors (Lipinski definition) is 4. The van der Waals surface area contributed by atoms with E-state index in [1.54, 1.807) is 30.0 Å². The van der Waals surface area contributed by atoms with Crippen molar-refractivity contribution in [2.24, 2.45) is 5.92 Å². The number of thioether (sulfide) groups is 1. The Bertz CT molecular complexity index is 631. The van der Waals surface area contributed by atoms with Gasteiger partial charge in [-0.3, -0.25) is 9.59 Å². The van der Waals surface area contributed by atoms with E-state index in [1.807, 2.05) is 13.8 Å². The van der Waals surface area contributed by atoms with Gasteiger partial charge in [-0.05, 0) is 30.5 Å². The van der Waals surface area contributed by atoms with Crippen molar-refractivity contribution in [2.45, 2.75) is 37.6 Å². The summed E-state index contributed by atoms with van der Waals surface area (Å²) in [6, 6.07) is 4.09. The standard InChI is InChI=1S/C16H20N2O4S/c1-9(2)7-12(16(21)22)18-15(20)10-3-4-13-11(8-10)17-14(19)5-6-23-13/h3-4,8-9,12H,5-7H2,1-2H3,(H,17,19)(H,18,20)(H,21,22). The smallest absolute Gasteiger partial charge is 0.326 e. The van der Waals surface area contributed by atoms with Crippen molar-refractivity contribution in [3.63, 3.8) is 0 Å². The Morgan fingerprint density at radius 3 is 2.78 bits per heavy atom. The second kappa shape index (κ2) is 7.50. The number of carboxylic acid groups (broad SMARTS) is 1. The molecule has 0 saturated heterocycles. The summed E-state index contributed by atoms with van der Waals surface area (Å²) in [6.45, 7) is 3.80. The molecule has 1 heterocycles. The topological polar surface area (TPSA) is 95.5 Å². The molecule has 3 N–H and O–H groups in total. The molecule has 6 nitrogen and oxygen atoms in total. The van der Waals surface area contributed by atoms with E-state index in [9.17, 15) is 19.5 Å². The first-order valence-electron chi connectivity index (χ1n) is 7.47. The molecule has 0 saturated carbocycles. The van der Waals surface area contributed by atoms with Gasteiger partial charge < -0.3 is 15.7 Å². The molecule has 0 aromatic heterocycles. The lowest BCUT2D eigenvalue weighted by Gasteiger charge is -2.17. The zero-order valence-electron chi connectivity index (χ0n) is 13.1. The van der Waals surface area contributed by atoms with Crippen molar-refractivity contribution in [1.82, 2.24) is 5.32 Å². The molecule has 0 radical (unpaired) electrons. The first-order chi connectivity index (χ1) is 10.9. The van der Waals surface area contributed by atoms with Crippen molar-refractivity contribution < 1.29 is 19.5 Å². The third kappa shape index (κ3) is 4.72. The first-order valence-corrected chi connectivity index (χ1v) is 8.45. The van der Waals surface area contributed by atoms with Crippen molar-refractivity contribution >= 4 is 35.2 Å². The van der Waals surface area contributed by atoms with Crippen LogP contribution in [0.4, 0.5) is 5.69 Å². The molecule has 1 aromatic rings. The average molecular weight is 336 g/mol. The minimum Gasteiger partial charge on any atom is -0.480 e. The number of carbonyl (C=O) groups is 3. The van der Waals surface area contributed by atoms with E-state index in [0.717, 1.165) is 4.90 Å². The van der Waals surface area contributed by atoms with Gasteiger partial charge in [0.25, 0.3) is 5.91 Å². The van der Waals surface area contributed by atoms with Crippen LogP contribution in [0.2, 0.25) is 0 Å². The lowest BCUT2D eigenvalue weighted by atomic mass is 10.0. The van der Waals surface area contributed by atoms with E-state index in [1.165, 1.54) is 0 Å². The van der Waals surface area contributed by atoms with Crippen molar-refractivity contribution in [2.75, 3.05) is 11.1 Å². The molecule has 124 valence electrons. The van der Waals surface area contributed by atoms with Crippen LogP contribution in [0, 0.1) is 5.92 Å². The van der Waals surface area contributed by atoms with Crippen LogP contribution < -0.4 is 10.6 Å². The zero-order chi connectivity index (χ0) is 17.0. The maximum atomic E-state index is 12.3. The fraction of sp³-hybridized carbons (Fsp3) is 0.438. The van der Waals surface area contributed by atoms with Crippen molar-refractivity contribution in [3.05, 3.63) is 23.8 Å². The highest BCUT2D eigenvalue weighted by molar-refractivity contribution is 7.99. The first kappa shape index (κ1) is 17.3. The summed E-state index contributed by atoms with van der Waals surface area (Å²) in [5.74, 6) is -0.744. The van der Waals surface area contributed by atoms with E-state index in [4.69, 9.17) is 0 Å². The highest BCUT2D eigenvalue weighted by Crippen LogP contribution is 2.31. The monoisotopic (exact) mass is 336 g/mol. The van der Waals surface area contributed by atoms with Crippen molar-refractivity contribution in [1.29, 1.82) is 0 Å². The van der Waals surface area contributed by atoms with Gasteiger partial charge in [0.2, 0.25) is 5.91 Å². The van der Waals surface area contributed by atoms with Gasteiger partial charge in [-0.1, -0.05) is 13.8 Å². The van der Waals surface area contributed by atoms with Gasteiger partial charge in [-0.2, -0.15) is 0 Å². The fourth-order valence-corrected chi connectivity index (χ4v) is 3.23. The molecule has 1 aliphatic heterocycles. The number of rotatable bonds is 5. The molecule has 1 aromatic carbocycles. The minimum absolute atomic E-state index is 0.0861. The third-order valence-electron chi connectivity index (χ3n) is 3.41. The maximum absolute atomic E-state index is 12.3. The Balaban J connectivity index is 2.16. The highest BCUT2D eigenvalue weighted by Gasteiger charge is 2.22. The van der Waals surface area contributed by atoms with E-state index in [-0.39, 0.29) is 11.8 Å². The zero-order valence-corrected chi connectivity index (χ0v) is 13.9. The second-order valence-corrected chi connectivity index (χ2v) is 6.99. The van der Waals surface area contributed by atoms with Crippen LogP contribution in [0.1, 0.15) is 37.0 Å². The van der Waals surface area contributed by atoms with E-state index in [2.05, 4.69) is 10.6 Å². The largest absolute Gasteiger partial charge is 0.480 e. The maximum Gasteiger partial charge on any atom is 0.326 e. The van der Waals surface area contributed by atoms with Crippen LogP contribution in [0.3, 0.4) is 0 Å². The fourth-order valence-electron chi connectivity index (χ4n) is 2.30. The van der Waals surface area contributed by atoms with Crippen LogP contribution in [-0.4, -0.2) is 34.7 Å². The number of amides is 2. The van der Waals surface area contributed by atoms with Gasteiger partial charge in [0.05, 0.1) is 5.69 Å². The predicted molar refractivity (Wildman–Crippen MR) is 88.8 cm³/mol. The molecule has 23 heavy (non-hydrogen) atoms. The Morgan fingerprint density at radius 1 is 1.39 bits per heavy atom. The SMILES string of the molecule is CC(C)CC(NC(=O)c1ccc2c(c1)NC(=O)CCS2)C(=O)O. The molecular formula is C16H20N2O4S. The van der Waals surface area contributed by atoms with Crippen LogP contribution in [0.15, 0.2) is 23.1 Å². The lowest BCUT2D eigenvalue weighted by molar-refractivity contribution is -0.139. The number of hydrogen-bond donors (Lipinski definition) is 3. The quantitative estimate of drug-likeness (QED) is 0.767. The van der Waals surface area contributed by atoms with Crippen LogP contribution in [-0.2, 0) is 9.59 Å². The Morgan fingerprint density at radius 2 is 2.13 bits per heavy atom. The average Bonchev–Trinajstić information content (AvgIpc) is 2.65. The molecule has 1 atom stereocenters. The number of nitrogens with one attached hydrogen (secondary N) is 2. The number of anilines is 1. The number of benzene rings is 1. The summed E-state index contributed by atoms with van der Waals surface area (Å²) in [6.07, 6.45) is 0.787. The van der Waals surface area contributed by atoms with Gasteiger partial charge in [-0.25, -0.2) is 4.79 Å². The molecule has 2 rings (SSSR count). The van der Waals surface area contributed by atoms with Gasteiger partial charge in [0, 0.05) is 22.6 Å². The molecule has 1 unspecified atom stereocenters. The normalized spacial score (nSPS) is 15.3. The molecule has 0 spiro atoms. The van der Waals surface area contributed by atoms with Gasteiger partial charge >= 0.3 is 5.97 Å². The van der Waals surface area contributed by atoms with Crippen LogP contribution in [0.5, 0.6) is 0 Å².